The van der Waals surface area contributed by atoms with Gasteiger partial charge < -0.3 is 15.2 Å². The zero-order valence-electron chi connectivity index (χ0n) is 16.3. The van der Waals surface area contributed by atoms with E-state index in [4.69, 9.17) is 26.8 Å². The SMILES string of the molecule is CCOC(=O)C1CC1C(C)CC(CC(C)N)c1sc(Cl)cc1CCOC. The predicted molar refractivity (Wildman–Crippen MR) is 108 cm³/mol. The minimum Gasteiger partial charge on any atom is -0.466 e. The van der Waals surface area contributed by atoms with E-state index in [1.807, 2.05) is 6.92 Å². The molecule has 0 aliphatic heterocycles. The number of carbonyl (C=O) groups excluding carboxylic acids is 1. The first-order chi connectivity index (χ1) is 12.4. The van der Waals surface area contributed by atoms with Gasteiger partial charge in [-0.3, -0.25) is 4.79 Å². The Bertz CT molecular complexity index is 590. The van der Waals surface area contributed by atoms with E-state index in [9.17, 15) is 4.79 Å². The Morgan fingerprint density at radius 1 is 1.42 bits per heavy atom. The molecule has 2 rings (SSSR count). The first kappa shape index (κ1) is 21.7. The number of thiophene rings is 1. The molecular weight excluding hydrogens is 370 g/mol. The molecule has 0 spiro atoms. The molecule has 0 aromatic carbocycles. The number of carbonyl (C=O) groups is 1. The van der Waals surface area contributed by atoms with Crippen LogP contribution in [0.4, 0.5) is 0 Å². The zero-order chi connectivity index (χ0) is 19.3. The van der Waals surface area contributed by atoms with E-state index in [0.717, 1.165) is 30.0 Å². The average molecular weight is 402 g/mol. The van der Waals surface area contributed by atoms with E-state index in [2.05, 4.69) is 19.9 Å². The van der Waals surface area contributed by atoms with Crippen LogP contribution in [-0.2, 0) is 20.7 Å². The molecule has 6 heteroatoms. The summed E-state index contributed by atoms with van der Waals surface area (Å²) in [5.41, 5.74) is 7.42. The fourth-order valence-electron chi connectivity index (χ4n) is 3.91. The van der Waals surface area contributed by atoms with Crippen molar-refractivity contribution in [2.75, 3.05) is 20.3 Å². The Morgan fingerprint density at radius 3 is 2.77 bits per heavy atom. The lowest BCUT2D eigenvalue weighted by Crippen LogP contribution is -2.21. The van der Waals surface area contributed by atoms with E-state index in [1.54, 1.807) is 18.4 Å². The summed E-state index contributed by atoms with van der Waals surface area (Å²) in [5.74, 6) is 1.32. The van der Waals surface area contributed by atoms with Gasteiger partial charge in [0.25, 0.3) is 0 Å². The molecule has 5 atom stereocenters. The average Bonchev–Trinajstić information content (AvgIpc) is 3.29. The molecule has 5 unspecified atom stereocenters. The van der Waals surface area contributed by atoms with E-state index in [0.29, 0.717) is 31.0 Å². The van der Waals surface area contributed by atoms with Crippen LogP contribution < -0.4 is 5.73 Å². The minimum atomic E-state index is -0.0342. The lowest BCUT2D eigenvalue weighted by atomic mass is 9.85. The molecule has 4 nitrogen and oxygen atoms in total. The Morgan fingerprint density at radius 2 is 2.15 bits per heavy atom. The van der Waals surface area contributed by atoms with Crippen molar-refractivity contribution < 1.29 is 14.3 Å². The van der Waals surface area contributed by atoms with Crippen LogP contribution in [0.1, 0.15) is 56.4 Å². The third-order valence-electron chi connectivity index (χ3n) is 5.23. The number of methoxy groups -OCH3 is 1. The normalized spacial score (nSPS) is 22.7. The van der Waals surface area contributed by atoms with Gasteiger partial charge in [-0.25, -0.2) is 0 Å². The molecule has 1 aromatic heterocycles. The highest BCUT2D eigenvalue weighted by Crippen LogP contribution is 2.49. The molecule has 1 saturated carbocycles. The smallest absolute Gasteiger partial charge is 0.309 e. The maximum atomic E-state index is 12.0. The van der Waals surface area contributed by atoms with Gasteiger partial charge in [0.05, 0.1) is 23.5 Å². The monoisotopic (exact) mass is 401 g/mol. The molecule has 0 bridgehead atoms. The quantitative estimate of drug-likeness (QED) is 0.549. The summed E-state index contributed by atoms with van der Waals surface area (Å²) in [4.78, 5) is 13.3. The lowest BCUT2D eigenvalue weighted by molar-refractivity contribution is -0.145. The van der Waals surface area contributed by atoms with Crippen LogP contribution in [0.25, 0.3) is 0 Å². The number of hydrogen-bond donors (Lipinski definition) is 1. The summed E-state index contributed by atoms with van der Waals surface area (Å²) >= 11 is 7.99. The Hall–Kier alpha value is -0.620. The maximum absolute atomic E-state index is 12.0. The minimum absolute atomic E-state index is 0.0342. The highest BCUT2D eigenvalue weighted by Gasteiger charge is 2.47. The third kappa shape index (κ3) is 5.95. The zero-order valence-corrected chi connectivity index (χ0v) is 17.9. The van der Waals surface area contributed by atoms with Gasteiger partial charge in [0, 0.05) is 18.0 Å². The number of rotatable bonds is 11. The number of esters is 1. The first-order valence-corrected chi connectivity index (χ1v) is 10.8. The second-order valence-corrected chi connectivity index (χ2v) is 9.28. The summed E-state index contributed by atoms with van der Waals surface area (Å²) < 4.78 is 11.3. The van der Waals surface area contributed by atoms with E-state index < -0.39 is 0 Å². The summed E-state index contributed by atoms with van der Waals surface area (Å²) in [6, 6.07) is 2.20. The van der Waals surface area contributed by atoms with Crippen LogP contribution in [0, 0.1) is 17.8 Å². The topological polar surface area (TPSA) is 61.5 Å². The predicted octanol–water partition coefficient (Wildman–Crippen LogP) is 4.64. The van der Waals surface area contributed by atoms with Gasteiger partial charge in [-0.15, -0.1) is 11.3 Å². The van der Waals surface area contributed by atoms with Crippen LogP contribution in [-0.4, -0.2) is 32.3 Å². The largest absolute Gasteiger partial charge is 0.466 e. The molecule has 0 radical (unpaired) electrons. The van der Waals surface area contributed by atoms with Gasteiger partial charge in [-0.2, -0.15) is 0 Å². The van der Waals surface area contributed by atoms with Crippen LogP contribution in [0.3, 0.4) is 0 Å². The van der Waals surface area contributed by atoms with Crippen molar-refractivity contribution in [3.05, 3.63) is 20.8 Å². The van der Waals surface area contributed by atoms with Crippen molar-refractivity contribution in [2.45, 2.75) is 58.4 Å². The van der Waals surface area contributed by atoms with Gasteiger partial charge in [-0.1, -0.05) is 18.5 Å². The van der Waals surface area contributed by atoms with E-state index in [-0.39, 0.29) is 17.9 Å². The van der Waals surface area contributed by atoms with Crippen LogP contribution in [0.15, 0.2) is 6.07 Å². The Balaban J connectivity index is 2.07. The van der Waals surface area contributed by atoms with Gasteiger partial charge in [0.1, 0.15) is 0 Å². The summed E-state index contributed by atoms with van der Waals surface area (Å²) in [6.07, 6.45) is 3.78. The lowest BCUT2D eigenvalue weighted by Gasteiger charge is -2.23. The van der Waals surface area contributed by atoms with Crippen molar-refractivity contribution in [1.82, 2.24) is 0 Å². The molecule has 1 fully saturated rings. The first-order valence-electron chi connectivity index (χ1n) is 9.56. The Labute approximate surface area is 166 Å². The number of nitrogens with two attached hydrogens (primary N) is 1. The Kier molecular flexibility index (Phi) is 8.40. The fraction of sp³-hybridized carbons (Fsp3) is 0.750. The molecule has 148 valence electrons. The van der Waals surface area contributed by atoms with Gasteiger partial charge in [-0.05, 0) is 68.9 Å². The molecule has 1 aliphatic rings. The molecule has 1 heterocycles. The van der Waals surface area contributed by atoms with E-state index in [1.165, 1.54) is 10.4 Å². The number of ether oxygens (including phenoxy) is 2. The molecule has 1 aromatic rings. The van der Waals surface area contributed by atoms with Gasteiger partial charge in [0.15, 0.2) is 0 Å². The summed E-state index contributed by atoms with van der Waals surface area (Å²) in [7, 11) is 1.72. The van der Waals surface area contributed by atoms with Crippen LogP contribution in [0.5, 0.6) is 0 Å². The summed E-state index contributed by atoms with van der Waals surface area (Å²) in [5, 5.41) is 0. The summed E-state index contributed by atoms with van der Waals surface area (Å²) in [6.45, 7) is 7.32. The third-order valence-corrected chi connectivity index (χ3v) is 6.70. The second kappa shape index (κ2) is 10.1. The number of halogens is 1. The van der Waals surface area contributed by atoms with Gasteiger partial charge in [0.2, 0.25) is 0 Å². The van der Waals surface area contributed by atoms with Crippen LogP contribution >= 0.6 is 22.9 Å². The molecule has 2 N–H and O–H groups in total. The van der Waals surface area contributed by atoms with Gasteiger partial charge >= 0.3 is 5.97 Å². The van der Waals surface area contributed by atoms with Crippen molar-refractivity contribution in [3.8, 4) is 0 Å². The van der Waals surface area contributed by atoms with Crippen molar-refractivity contribution in [2.24, 2.45) is 23.5 Å². The molecule has 0 saturated heterocycles. The van der Waals surface area contributed by atoms with Crippen LogP contribution in [0.2, 0.25) is 4.34 Å². The molecule has 26 heavy (non-hydrogen) atoms. The highest BCUT2D eigenvalue weighted by atomic mass is 35.5. The molecule has 0 amide bonds. The van der Waals surface area contributed by atoms with Crippen molar-refractivity contribution in [3.63, 3.8) is 0 Å². The van der Waals surface area contributed by atoms with Crippen molar-refractivity contribution >= 4 is 28.9 Å². The fourth-order valence-corrected chi connectivity index (χ4v) is 5.35. The second-order valence-electron chi connectivity index (χ2n) is 7.56. The molecular formula is C20H32ClNO3S. The van der Waals surface area contributed by atoms with E-state index >= 15 is 0 Å². The maximum Gasteiger partial charge on any atom is 0.309 e. The standard InChI is InChI=1S/C20H32ClNO3S/c1-5-25-20(23)17-11-16(17)12(2)8-15(9-13(3)22)19-14(6-7-24-4)10-18(21)26-19/h10,12-13,15-17H,5-9,11,22H2,1-4H3. The number of hydrogen-bond acceptors (Lipinski definition) is 5. The molecule has 1 aliphatic carbocycles. The van der Waals surface area contributed by atoms with Crippen molar-refractivity contribution in [1.29, 1.82) is 0 Å². The highest BCUT2D eigenvalue weighted by molar-refractivity contribution is 7.16.